The molecule has 0 saturated carbocycles. The molecule has 1 aliphatic heterocycles. The number of halogens is 1. The van der Waals surface area contributed by atoms with Crippen molar-refractivity contribution in [2.24, 2.45) is 0 Å². The summed E-state index contributed by atoms with van der Waals surface area (Å²) in [4.78, 5) is 25.7. The predicted octanol–water partition coefficient (Wildman–Crippen LogP) is 3.22. The Hall–Kier alpha value is -2.11. The zero-order chi connectivity index (χ0) is 17.3. The van der Waals surface area contributed by atoms with Gasteiger partial charge in [0, 0.05) is 13.0 Å². The summed E-state index contributed by atoms with van der Waals surface area (Å²) in [6.07, 6.45) is 0.438. The van der Waals surface area contributed by atoms with Crippen molar-refractivity contribution < 1.29 is 23.8 Å². The molecule has 6 heteroatoms. The van der Waals surface area contributed by atoms with Crippen molar-refractivity contribution in [1.82, 2.24) is 4.90 Å². The third-order valence-electron chi connectivity index (χ3n) is 3.91. The maximum Gasteiger partial charge on any atom is 0.411 e. The topological polar surface area (TPSA) is 66.8 Å². The minimum absolute atomic E-state index is 0.127. The molecule has 0 spiro atoms. The molecule has 1 aromatic carbocycles. The molecule has 0 radical (unpaired) electrons. The number of rotatable bonds is 3. The second-order valence-corrected chi connectivity index (χ2v) is 6.88. The number of carboxylic acids is 1. The number of carboxylic acid groups (broad SMARTS) is 1. The zero-order valence-electron chi connectivity index (χ0n) is 13.6. The third-order valence-corrected chi connectivity index (χ3v) is 3.91. The van der Waals surface area contributed by atoms with Crippen molar-refractivity contribution in [2.45, 2.75) is 51.2 Å². The molecule has 1 fully saturated rings. The van der Waals surface area contributed by atoms with E-state index >= 15 is 0 Å². The van der Waals surface area contributed by atoms with Gasteiger partial charge in [-0.3, -0.25) is 4.90 Å². The first-order valence-electron chi connectivity index (χ1n) is 7.62. The van der Waals surface area contributed by atoms with Crippen molar-refractivity contribution in [3.8, 4) is 0 Å². The van der Waals surface area contributed by atoms with Crippen LogP contribution in [0, 0.1) is 5.82 Å². The smallest absolute Gasteiger partial charge is 0.411 e. The van der Waals surface area contributed by atoms with E-state index in [1.54, 1.807) is 32.9 Å². The number of nitrogens with zero attached hydrogens (tertiary/aromatic N) is 1. The summed E-state index contributed by atoms with van der Waals surface area (Å²) >= 11 is 0. The Labute approximate surface area is 135 Å². The summed E-state index contributed by atoms with van der Waals surface area (Å²) in [6, 6.07) is 5.67. The highest BCUT2D eigenvalue weighted by Gasteiger charge is 2.51. The molecule has 0 aliphatic carbocycles. The van der Waals surface area contributed by atoms with Gasteiger partial charge in [-0.15, -0.1) is 0 Å². The number of hydrogen-bond acceptors (Lipinski definition) is 3. The van der Waals surface area contributed by atoms with Gasteiger partial charge in [0.25, 0.3) is 0 Å². The molecule has 2 rings (SSSR count). The molecular weight excluding hydrogens is 301 g/mol. The van der Waals surface area contributed by atoms with E-state index in [4.69, 9.17) is 4.74 Å². The van der Waals surface area contributed by atoms with Crippen LogP contribution in [0.2, 0.25) is 0 Å². The van der Waals surface area contributed by atoms with E-state index in [-0.39, 0.29) is 12.2 Å². The van der Waals surface area contributed by atoms with Crippen LogP contribution in [-0.4, -0.2) is 39.8 Å². The van der Waals surface area contributed by atoms with Gasteiger partial charge in [0.2, 0.25) is 0 Å². The van der Waals surface area contributed by atoms with Gasteiger partial charge in [0.15, 0.2) is 0 Å². The van der Waals surface area contributed by atoms with Gasteiger partial charge in [-0.1, -0.05) is 12.1 Å². The van der Waals surface area contributed by atoms with Crippen molar-refractivity contribution in [2.75, 3.05) is 6.54 Å². The molecule has 5 nitrogen and oxygen atoms in total. The van der Waals surface area contributed by atoms with Gasteiger partial charge in [-0.05, 0) is 51.3 Å². The Balaban J connectivity index is 2.29. The van der Waals surface area contributed by atoms with E-state index in [0.717, 1.165) is 0 Å². The van der Waals surface area contributed by atoms with Crippen LogP contribution < -0.4 is 0 Å². The van der Waals surface area contributed by atoms with Crippen LogP contribution in [0.5, 0.6) is 0 Å². The molecule has 1 aliphatic rings. The van der Waals surface area contributed by atoms with E-state index in [0.29, 0.717) is 24.9 Å². The second kappa shape index (κ2) is 6.18. The van der Waals surface area contributed by atoms with Gasteiger partial charge < -0.3 is 9.84 Å². The highest BCUT2D eigenvalue weighted by atomic mass is 19.1. The minimum atomic E-state index is -1.35. The summed E-state index contributed by atoms with van der Waals surface area (Å²) in [6.45, 7) is 5.55. The van der Waals surface area contributed by atoms with Crippen LogP contribution in [0.4, 0.5) is 9.18 Å². The van der Waals surface area contributed by atoms with Crippen LogP contribution in [0.1, 0.15) is 39.2 Å². The predicted molar refractivity (Wildman–Crippen MR) is 82.6 cm³/mol. The van der Waals surface area contributed by atoms with E-state index in [2.05, 4.69) is 0 Å². The first-order chi connectivity index (χ1) is 10.6. The average molecular weight is 323 g/mol. The molecule has 23 heavy (non-hydrogen) atoms. The molecule has 1 saturated heterocycles. The van der Waals surface area contributed by atoms with Gasteiger partial charge in [0.05, 0.1) is 0 Å². The Morgan fingerprint density at radius 2 is 1.91 bits per heavy atom. The van der Waals surface area contributed by atoms with Crippen LogP contribution >= 0.6 is 0 Å². The standard InChI is InChI=1S/C17H22FNO4/c1-16(2,3)23-15(22)19-10-4-9-17(19,14(20)21)11-12-5-7-13(18)8-6-12/h5-8H,4,9-11H2,1-3H3,(H,20,21)/t17-/m1/s1. The van der Waals surface area contributed by atoms with E-state index in [9.17, 15) is 19.1 Å². The molecule has 1 heterocycles. The maximum atomic E-state index is 13.0. The minimum Gasteiger partial charge on any atom is -0.479 e. The molecule has 1 aromatic rings. The monoisotopic (exact) mass is 323 g/mol. The number of amides is 1. The van der Waals surface area contributed by atoms with Crippen molar-refractivity contribution in [3.05, 3.63) is 35.6 Å². The highest BCUT2D eigenvalue weighted by molar-refractivity contribution is 5.85. The van der Waals surface area contributed by atoms with Crippen LogP contribution in [0.15, 0.2) is 24.3 Å². The van der Waals surface area contributed by atoms with Crippen molar-refractivity contribution >= 4 is 12.1 Å². The molecule has 0 unspecified atom stereocenters. The van der Waals surface area contributed by atoms with E-state index in [1.165, 1.54) is 17.0 Å². The lowest BCUT2D eigenvalue weighted by molar-refractivity contribution is -0.149. The fraction of sp³-hybridized carbons (Fsp3) is 0.529. The second-order valence-electron chi connectivity index (χ2n) is 6.88. The fourth-order valence-electron chi connectivity index (χ4n) is 2.88. The molecule has 1 N–H and O–H groups in total. The van der Waals surface area contributed by atoms with Gasteiger partial charge in [-0.25, -0.2) is 14.0 Å². The lowest BCUT2D eigenvalue weighted by Crippen LogP contribution is -2.55. The summed E-state index contributed by atoms with van der Waals surface area (Å²) in [5.41, 5.74) is -1.37. The Morgan fingerprint density at radius 1 is 1.30 bits per heavy atom. The Kier molecular flexibility index (Phi) is 4.63. The molecular formula is C17H22FNO4. The van der Waals surface area contributed by atoms with Gasteiger partial charge in [-0.2, -0.15) is 0 Å². The van der Waals surface area contributed by atoms with Crippen LogP contribution in [0.25, 0.3) is 0 Å². The molecule has 0 aromatic heterocycles. The lowest BCUT2D eigenvalue weighted by atomic mass is 9.88. The normalized spacial score (nSPS) is 21.3. The number of aliphatic carboxylic acids is 1. The summed E-state index contributed by atoms with van der Waals surface area (Å²) in [5, 5.41) is 9.77. The third kappa shape index (κ3) is 3.81. The highest BCUT2D eigenvalue weighted by Crippen LogP contribution is 2.34. The number of likely N-dealkylation sites (tertiary alicyclic amines) is 1. The quantitative estimate of drug-likeness (QED) is 0.927. The molecule has 1 atom stereocenters. The van der Waals surface area contributed by atoms with Crippen LogP contribution in [-0.2, 0) is 16.0 Å². The SMILES string of the molecule is CC(C)(C)OC(=O)N1CCC[C@@]1(Cc1ccc(F)cc1)C(=O)O. The number of carbonyl (C=O) groups is 2. The van der Waals surface area contributed by atoms with Gasteiger partial charge >= 0.3 is 12.1 Å². The lowest BCUT2D eigenvalue weighted by Gasteiger charge is -2.36. The van der Waals surface area contributed by atoms with Crippen molar-refractivity contribution in [3.63, 3.8) is 0 Å². The molecule has 1 amide bonds. The summed E-state index contributed by atoms with van der Waals surface area (Å²) in [5.74, 6) is -1.45. The largest absolute Gasteiger partial charge is 0.479 e. The number of hydrogen-bond donors (Lipinski definition) is 1. The Bertz CT molecular complexity index is 594. The van der Waals surface area contributed by atoms with E-state index in [1.807, 2.05) is 0 Å². The summed E-state index contributed by atoms with van der Waals surface area (Å²) in [7, 11) is 0. The first-order valence-corrected chi connectivity index (χ1v) is 7.62. The van der Waals surface area contributed by atoms with E-state index < -0.39 is 23.2 Å². The first kappa shape index (κ1) is 17.2. The number of carbonyl (C=O) groups excluding carboxylic acids is 1. The zero-order valence-corrected chi connectivity index (χ0v) is 13.6. The number of benzene rings is 1. The molecule has 0 bridgehead atoms. The number of ether oxygens (including phenoxy) is 1. The van der Waals surface area contributed by atoms with Gasteiger partial charge in [0.1, 0.15) is 17.0 Å². The molecule has 126 valence electrons. The summed E-state index contributed by atoms with van der Waals surface area (Å²) < 4.78 is 18.4. The maximum absolute atomic E-state index is 13.0. The van der Waals surface area contributed by atoms with Crippen LogP contribution in [0.3, 0.4) is 0 Å². The fourth-order valence-corrected chi connectivity index (χ4v) is 2.88. The average Bonchev–Trinajstić information content (AvgIpc) is 2.84. The Morgan fingerprint density at radius 3 is 2.43 bits per heavy atom. The van der Waals surface area contributed by atoms with Crippen molar-refractivity contribution in [1.29, 1.82) is 0 Å².